The standard InChI is InChI=1S/C34H44O10/c1-16-12-25(43-31(39)22(16)15-40-18(3)35)17(2)24-14-26(41-19(4)36)30-21-13-29-34(44-29)28(42-20(5)37)9-8-27(38)33(34,7)23(21)10-11-32(24,30)6/h8-9,17,21,23-26,28-30H,10-15H2,1-7H3/t17-,21?,23?,24?,25?,26+,28+,29+,30?,32+,33-,34+/m0/s1. The number of ether oxygens (including phenoxy) is 5. The second-order valence-electron chi connectivity index (χ2n) is 14.5. The van der Waals surface area contributed by atoms with E-state index < -0.39 is 35.0 Å². The van der Waals surface area contributed by atoms with Gasteiger partial charge >= 0.3 is 23.9 Å². The van der Waals surface area contributed by atoms with Gasteiger partial charge in [-0.2, -0.15) is 0 Å². The van der Waals surface area contributed by atoms with E-state index >= 15 is 0 Å². The van der Waals surface area contributed by atoms with E-state index in [0.29, 0.717) is 24.8 Å². The van der Waals surface area contributed by atoms with E-state index in [4.69, 9.17) is 23.7 Å². The minimum Gasteiger partial charge on any atom is -0.462 e. The highest BCUT2D eigenvalue weighted by Crippen LogP contribution is 2.73. The van der Waals surface area contributed by atoms with E-state index in [1.54, 1.807) is 12.2 Å². The van der Waals surface area contributed by atoms with Crippen LogP contribution in [0.5, 0.6) is 0 Å². The van der Waals surface area contributed by atoms with Crippen molar-refractivity contribution >= 4 is 29.7 Å². The lowest BCUT2D eigenvalue weighted by atomic mass is 9.44. The number of hydrogen-bond donors (Lipinski definition) is 0. The predicted molar refractivity (Wildman–Crippen MR) is 154 cm³/mol. The molecule has 0 aromatic rings. The summed E-state index contributed by atoms with van der Waals surface area (Å²) in [6, 6.07) is 0. The largest absolute Gasteiger partial charge is 0.462 e. The number of epoxide rings is 1. The minimum absolute atomic E-state index is 0.00501. The lowest BCUT2D eigenvalue weighted by molar-refractivity contribution is -0.172. The second-order valence-corrected chi connectivity index (χ2v) is 14.5. The first kappa shape index (κ1) is 31.0. The van der Waals surface area contributed by atoms with Crippen LogP contribution < -0.4 is 0 Å². The van der Waals surface area contributed by atoms with Crippen LogP contribution >= 0.6 is 0 Å². The molecule has 4 aliphatic carbocycles. The van der Waals surface area contributed by atoms with Gasteiger partial charge in [-0.1, -0.05) is 19.4 Å². The molecule has 3 saturated carbocycles. The Morgan fingerprint density at radius 2 is 1.75 bits per heavy atom. The van der Waals surface area contributed by atoms with Gasteiger partial charge in [0.15, 0.2) is 11.9 Å². The van der Waals surface area contributed by atoms with E-state index in [0.717, 1.165) is 18.4 Å². The molecule has 2 aliphatic heterocycles. The number of fused-ring (bicyclic) bond motifs is 4. The number of ketones is 1. The Bertz CT molecular complexity index is 1360. The molecule has 4 fully saturated rings. The molecule has 0 N–H and O–H groups in total. The third-order valence-corrected chi connectivity index (χ3v) is 12.4. The van der Waals surface area contributed by atoms with E-state index in [1.807, 2.05) is 13.8 Å². The summed E-state index contributed by atoms with van der Waals surface area (Å²) < 4.78 is 29.3. The van der Waals surface area contributed by atoms with Crippen LogP contribution in [0.25, 0.3) is 0 Å². The van der Waals surface area contributed by atoms with Crippen molar-refractivity contribution < 1.29 is 47.7 Å². The van der Waals surface area contributed by atoms with Gasteiger partial charge in [-0.25, -0.2) is 4.79 Å². The molecular formula is C34H44O10. The summed E-state index contributed by atoms with van der Waals surface area (Å²) in [6.45, 7) is 12.3. The van der Waals surface area contributed by atoms with Crippen molar-refractivity contribution in [2.24, 2.45) is 40.4 Å². The van der Waals surface area contributed by atoms with E-state index in [9.17, 15) is 24.0 Å². The molecule has 1 saturated heterocycles. The molecule has 44 heavy (non-hydrogen) atoms. The Labute approximate surface area is 258 Å². The van der Waals surface area contributed by atoms with Crippen molar-refractivity contribution in [3.05, 3.63) is 23.3 Å². The van der Waals surface area contributed by atoms with Gasteiger partial charge in [-0.3, -0.25) is 19.2 Å². The van der Waals surface area contributed by atoms with Gasteiger partial charge in [0.1, 0.15) is 24.4 Å². The van der Waals surface area contributed by atoms with Gasteiger partial charge in [-0.05, 0) is 80.8 Å². The molecule has 0 bridgehead atoms. The van der Waals surface area contributed by atoms with Crippen LogP contribution in [0, 0.1) is 40.4 Å². The van der Waals surface area contributed by atoms with Crippen molar-refractivity contribution in [2.45, 2.75) is 111 Å². The van der Waals surface area contributed by atoms with E-state index in [-0.39, 0.29) is 71.7 Å². The minimum atomic E-state index is -0.875. The van der Waals surface area contributed by atoms with E-state index in [2.05, 4.69) is 13.8 Å². The first-order valence-corrected chi connectivity index (χ1v) is 15.9. The molecule has 10 nitrogen and oxygen atoms in total. The van der Waals surface area contributed by atoms with Crippen molar-refractivity contribution in [1.82, 2.24) is 0 Å². The van der Waals surface area contributed by atoms with Crippen LogP contribution in [-0.2, 0) is 47.7 Å². The van der Waals surface area contributed by atoms with Crippen LogP contribution in [0.15, 0.2) is 23.3 Å². The molecule has 6 aliphatic rings. The zero-order chi connectivity index (χ0) is 31.9. The fourth-order valence-corrected chi connectivity index (χ4v) is 10.5. The van der Waals surface area contributed by atoms with Crippen LogP contribution in [0.4, 0.5) is 0 Å². The van der Waals surface area contributed by atoms with Crippen LogP contribution in [-0.4, -0.2) is 66.3 Å². The first-order chi connectivity index (χ1) is 20.6. The molecule has 0 aromatic carbocycles. The summed E-state index contributed by atoms with van der Waals surface area (Å²) in [5.41, 5.74) is -0.741. The summed E-state index contributed by atoms with van der Waals surface area (Å²) in [7, 11) is 0. The van der Waals surface area contributed by atoms with Crippen LogP contribution in [0.3, 0.4) is 0 Å². The summed E-state index contributed by atoms with van der Waals surface area (Å²) in [5, 5.41) is 0. The van der Waals surface area contributed by atoms with Gasteiger partial charge in [0.2, 0.25) is 0 Å². The smallest absolute Gasteiger partial charge is 0.337 e. The maximum absolute atomic E-state index is 13.8. The fraction of sp³-hybridized carbons (Fsp3) is 0.735. The normalized spacial score (nSPS) is 44.3. The molecule has 1 spiro atoms. The number of hydrogen-bond acceptors (Lipinski definition) is 10. The molecule has 0 amide bonds. The molecule has 12 atom stereocenters. The third kappa shape index (κ3) is 4.41. The van der Waals surface area contributed by atoms with Gasteiger partial charge in [0.25, 0.3) is 0 Å². The lowest BCUT2D eigenvalue weighted by Crippen LogP contribution is -2.64. The maximum Gasteiger partial charge on any atom is 0.337 e. The van der Waals surface area contributed by atoms with E-state index in [1.165, 1.54) is 20.8 Å². The first-order valence-electron chi connectivity index (χ1n) is 15.9. The summed E-state index contributed by atoms with van der Waals surface area (Å²) in [4.78, 5) is 62.6. The molecule has 6 rings (SSSR count). The SMILES string of the molecule is CC(=O)OCC1=C(C)CC([C@@H](C)C2C[C@@H](OC(C)=O)C3C4C[C@H]5O[C@]56[C@H](OC(C)=O)C=CC(=O)[C@]6(C)C4CC[C@]23C)OC1=O. The summed E-state index contributed by atoms with van der Waals surface area (Å²) >= 11 is 0. The Kier molecular flexibility index (Phi) is 7.42. The third-order valence-electron chi connectivity index (χ3n) is 12.4. The van der Waals surface area contributed by atoms with Crippen molar-refractivity contribution in [3.8, 4) is 0 Å². The molecule has 5 unspecified atom stereocenters. The Morgan fingerprint density at radius 1 is 1.05 bits per heavy atom. The Balaban J connectivity index is 1.30. The number of rotatable bonds is 6. The zero-order valence-electron chi connectivity index (χ0n) is 26.7. The quantitative estimate of drug-likeness (QED) is 0.246. The molecule has 10 heteroatoms. The highest BCUT2D eigenvalue weighted by Gasteiger charge is 2.81. The predicted octanol–water partition coefficient (Wildman–Crippen LogP) is 4.04. The van der Waals surface area contributed by atoms with Crippen molar-refractivity contribution in [3.63, 3.8) is 0 Å². The fourth-order valence-electron chi connectivity index (χ4n) is 10.5. The van der Waals surface area contributed by atoms with Gasteiger partial charge < -0.3 is 23.7 Å². The number of cyclic esters (lactones) is 1. The molecular weight excluding hydrogens is 568 g/mol. The number of carbonyl (C=O) groups excluding carboxylic acids is 5. The molecule has 240 valence electrons. The monoisotopic (exact) mass is 612 g/mol. The summed E-state index contributed by atoms with van der Waals surface area (Å²) in [5.74, 6) is -1.60. The maximum atomic E-state index is 13.8. The number of allylic oxidation sites excluding steroid dienone is 1. The second kappa shape index (κ2) is 10.5. The van der Waals surface area contributed by atoms with Crippen molar-refractivity contribution in [1.29, 1.82) is 0 Å². The topological polar surface area (TPSA) is 135 Å². The number of esters is 4. The Hall–Kier alpha value is -3.01. The van der Waals surface area contributed by atoms with Crippen LogP contribution in [0.2, 0.25) is 0 Å². The molecule has 2 heterocycles. The van der Waals surface area contributed by atoms with Gasteiger partial charge in [-0.15, -0.1) is 0 Å². The molecule has 0 radical (unpaired) electrons. The Morgan fingerprint density at radius 3 is 2.39 bits per heavy atom. The van der Waals surface area contributed by atoms with Gasteiger partial charge in [0, 0.05) is 33.1 Å². The van der Waals surface area contributed by atoms with Crippen molar-refractivity contribution in [2.75, 3.05) is 6.61 Å². The molecule has 0 aromatic heterocycles. The average molecular weight is 613 g/mol. The lowest BCUT2D eigenvalue weighted by Gasteiger charge is -2.58. The average Bonchev–Trinajstić information content (AvgIpc) is 3.59. The van der Waals surface area contributed by atoms with Crippen LogP contribution in [0.1, 0.15) is 80.6 Å². The number of carbonyl (C=O) groups is 5. The zero-order valence-corrected chi connectivity index (χ0v) is 26.7. The highest BCUT2D eigenvalue weighted by atomic mass is 16.7. The summed E-state index contributed by atoms with van der Waals surface area (Å²) in [6.07, 6.45) is 5.12. The van der Waals surface area contributed by atoms with Gasteiger partial charge in [0.05, 0.1) is 17.1 Å². The highest BCUT2D eigenvalue weighted by molar-refractivity contribution is 5.98.